The zero-order chi connectivity index (χ0) is 17.4. The van der Waals surface area contributed by atoms with Crippen molar-refractivity contribution in [3.63, 3.8) is 0 Å². The van der Waals surface area contributed by atoms with Crippen LogP contribution in [0.25, 0.3) is 5.70 Å². The number of aromatic nitrogens is 3. The van der Waals surface area contributed by atoms with Crippen LogP contribution in [0.1, 0.15) is 5.56 Å². The third-order valence-corrected chi connectivity index (χ3v) is 3.78. The van der Waals surface area contributed by atoms with Gasteiger partial charge in [0.1, 0.15) is 17.8 Å². The molecule has 0 atom stereocenters. The number of benzene rings is 2. The van der Waals surface area contributed by atoms with Gasteiger partial charge in [-0.1, -0.05) is 30.3 Å². The zero-order valence-electron chi connectivity index (χ0n) is 12.8. The molecular formula is C16H12N6O3. The highest BCUT2D eigenvalue weighted by Crippen LogP contribution is 2.38. The monoisotopic (exact) mass is 336 g/mol. The molecule has 0 spiro atoms. The molecule has 0 amide bonds. The van der Waals surface area contributed by atoms with Crippen molar-refractivity contribution in [3.05, 3.63) is 76.7 Å². The largest absolute Gasteiger partial charge is 0.506 e. The van der Waals surface area contributed by atoms with Crippen molar-refractivity contribution in [1.29, 1.82) is 0 Å². The Morgan fingerprint density at radius 3 is 2.72 bits per heavy atom. The molecule has 1 aliphatic heterocycles. The first kappa shape index (κ1) is 14.7. The molecule has 25 heavy (non-hydrogen) atoms. The molecule has 0 saturated heterocycles. The summed E-state index contributed by atoms with van der Waals surface area (Å²) in [6, 6.07) is 13.3. The van der Waals surface area contributed by atoms with Gasteiger partial charge in [0.05, 0.1) is 10.6 Å². The molecule has 9 nitrogen and oxygen atoms in total. The highest BCUT2D eigenvalue weighted by Gasteiger charge is 2.27. The number of rotatable bonds is 3. The molecule has 0 saturated carbocycles. The molecule has 124 valence electrons. The summed E-state index contributed by atoms with van der Waals surface area (Å²) in [5, 5.41) is 33.9. The van der Waals surface area contributed by atoms with Crippen molar-refractivity contribution in [2.75, 3.05) is 10.3 Å². The first-order chi connectivity index (χ1) is 12.1. The van der Waals surface area contributed by atoms with Crippen LogP contribution in [-0.2, 0) is 0 Å². The second kappa shape index (κ2) is 5.64. The van der Waals surface area contributed by atoms with Gasteiger partial charge in [0.2, 0.25) is 5.95 Å². The third kappa shape index (κ3) is 2.43. The van der Waals surface area contributed by atoms with Crippen LogP contribution in [0.3, 0.4) is 0 Å². The molecular weight excluding hydrogens is 324 g/mol. The molecule has 4 rings (SSSR count). The molecule has 0 radical (unpaired) electrons. The van der Waals surface area contributed by atoms with Gasteiger partial charge < -0.3 is 10.4 Å². The minimum Gasteiger partial charge on any atom is -0.506 e. The van der Waals surface area contributed by atoms with E-state index in [1.807, 2.05) is 30.3 Å². The Kier molecular flexibility index (Phi) is 3.31. The first-order valence-electron chi connectivity index (χ1n) is 7.35. The number of aromatic hydroxyl groups is 1. The molecule has 2 aromatic carbocycles. The Labute approximate surface area is 141 Å². The van der Waals surface area contributed by atoms with Crippen molar-refractivity contribution >= 4 is 23.0 Å². The van der Waals surface area contributed by atoms with Gasteiger partial charge in [0.25, 0.3) is 5.69 Å². The second-order valence-corrected chi connectivity index (χ2v) is 5.28. The van der Waals surface area contributed by atoms with E-state index in [4.69, 9.17) is 0 Å². The maximum absolute atomic E-state index is 11.1. The number of hydrogen-bond donors (Lipinski definition) is 2. The SMILES string of the molecule is O=[N+]([O-])c1ccc(O)c(N2C(c3ccccc3)=CNc3nncn32)c1. The van der Waals surface area contributed by atoms with E-state index in [0.717, 1.165) is 5.56 Å². The van der Waals surface area contributed by atoms with Crippen LogP contribution >= 0.6 is 0 Å². The zero-order valence-corrected chi connectivity index (χ0v) is 12.8. The Balaban J connectivity index is 1.92. The van der Waals surface area contributed by atoms with E-state index in [9.17, 15) is 15.2 Å². The van der Waals surface area contributed by atoms with Crippen LogP contribution in [0.2, 0.25) is 0 Å². The lowest BCUT2D eigenvalue weighted by Gasteiger charge is -2.32. The highest BCUT2D eigenvalue weighted by molar-refractivity contribution is 5.84. The molecule has 0 unspecified atom stereocenters. The Morgan fingerprint density at radius 1 is 1.16 bits per heavy atom. The van der Waals surface area contributed by atoms with Crippen LogP contribution in [0.15, 0.2) is 61.1 Å². The predicted octanol–water partition coefficient (Wildman–Crippen LogP) is 2.59. The molecule has 3 aromatic rings. The Hall–Kier alpha value is -3.88. The molecule has 2 heterocycles. The number of anilines is 2. The summed E-state index contributed by atoms with van der Waals surface area (Å²) in [7, 11) is 0. The van der Waals surface area contributed by atoms with E-state index < -0.39 is 4.92 Å². The van der Waals surface area contributed by atoms with Gasteiger partial charge in [-0.3, -0.25) is 10.1 Å². The lowest BCUT2D eigenvalue weighted by molar-refractivity contribution is -0.384. The molecule has 0 fully saturated rings. The van der Waals surface area contributed by atoms with Crippen molar-refractivity contribution in [1.82, 2.24) is 14.9 Å². The summed E-state index contributed by atoms with van der Waals surface area (Å²) in [6.07, 6.45) is 3.16. The van der Waals surface area contributed by atoms with Gasteiger partial charge in [0.15, 0.2) is 0 Å². The number of hydrogen-bond acceptors (Lipinski definition) is 7. The number of nitrogens with one attached hydrogen (secondary N) is 1. The van der Waals surface area contributed by atoms with E-state index in [-0.39, 0.29) is 17.1 Å². The van der Waals surface area contributed by atoms with Crippen LogP contribution in [0, 0.1) is 10.1 Å². The molecule has 0 bridgehead atoms. The predicted molar refractivity (Wildman–Crippen MR) is 90.7 cm³/mol. The number of fused-ring (bicyclic) bond motifs is 1. The van der Waals surface area contributed by atoms with Crippen LogP contribution in [0.5, 0.6) is 5.75 Å². The minimum absolute atomic E-state index is 0.103. The van der Waals surface area contributed by atoms with E-state index in [1.54, 1.807) is 15.9 Å². The fourth-order valence-corrected chi connectivity index (χ4v) is 2.64. The van der Waals surface area contributed by atoms with E-state index >= 15 is 0 Å². The summed E-state index contributed by atoms with van der Waals surface area (Å²) < 4.78 is 1.57. The average Bonchev–Trinajstić information content (AvgIpc) is 3.11. The standard InChI is InChI=1S/C16H12N6O3/c23-15-7-6-12(22(24)25)8-13(15)21-14(11-4-2-1-3-5-11)9-17-16-19-18-10-20(16)21/h1-10,23H,(H,17,19). The lowest BCUT2D eigenvalue weighted by atomic mass is 10.1. The summed E-state index contributed by atoms with van der Waals surface area (Å²) in [4.78, 5) is 10.6. The van der Waals surface area contributed by atoms with Crippen molar-refractivity contribution < 1.29 is 10.0 Å². The smallest absolute Gasteiger partial charge is 0.271 e. The average molecular weight is 336 g/mol. The van der Waals surface area contributed by atoms with E-state index in [1.165, 1.54) is 24.5 Å². The normalized spacial score (nSPS) is 13.0. The van der Waals surface area contributed by atoms with Crippen molar-refractivity contribution in [3.8, 4) is 5.75 Å². The number of nitrogens with zero attached hydrogens (tertiary/aromatic N) is 5. The molecule has 9 heteroatoms. The fourth-order valence-electron chi connectivity index (χ4n) is 2.64. The minimum atomic E-state index is -0.510. The van der Waals surface area contributed by atoms with Gasteiger partial charge >= 0.3 is 0 Å². The summed E-state index contributed by atoms with van der Waals surface area (Å²) >= 11 is 0. The second-order valence-electron chi connectivity index (χ2n) is 5.28. The Bertz CT molecular complexity index is 983. The number of non-ortho nitro benzene ring substituents is 1. The van der Waals surface area contributed by atoms with Crippen LogP contribution in [-0.4, -0.2) is 24.9 Å². The quantitative estimate of drug-likeness (QED) is 0.559. The molecule has 1 aliphatic rings. The highest BCUT2D eigenvalue weighted by atomic mass is 16.6. The molecule has 1 aromatic heterocycles. The third-order valence-electron chi connectivity index (χ3n) is 3.78. The van der Waals surface area contributed by atoms with Crippen molar-refractivity contribution in [2.45, 2.75) is 0 Å². The number of nitro benzene ring substituents is 1. The maximum Gasteiger partial charge on any atom is 0.271 e. The maximum atomic E-state index is 11.1. The Morgan fingerprint density at radius 2 is 1.96 bits per heavy atom. The number of nitro groups is 1. The lowest BCUT2D eigenvalue weighted by Crippen LogP contribution is -2.32. The topological polar surface area (TPSA) is 109 Å². The fraction of sp³-hybridized carbons (Fsp3) is 0. The van der Waals surface area contributed by atoms with Gasteiger partial charge in [-0.25, -0.2) is 9.69 Å². The summed E-state index contributed by atoms with van der Waals surface area (Å²) in [5.74, 6) is 0.319. The summed E-state index contributed by atoms with van der Waals surface area (Å²) in [6.45, 7) is 0. The molecule has 2 N–H and O–H groups in total. The molecule has 0 aliphatic carbocycles. The van der Waals surface area contributed by atoms with Gasteiger partial charge in [-0.05, 0) is 6.07 Å². The van der Waals surface area contributed by atoms with Gasteiger partial charge in [0, 0.05) is 23.9 Å². The van der Waals surface area contributed by atoms with Gasteiger partial charge in [-0.15, -0.1) is 10.2 Å². The first-order valence-corrected chi connectivity index (χ1v) is 7.35. The number of phenols is 1. The summed E-state index contributed by atoms with van der Waals surface area (Å²) in [5.41, 5.74) is 1.63. The van der Waals surface area contributed by atoms with E-state index in [2.05, 4.69) is 15.5 Å². The van der Waals surface area contributed by atoms with Crippen LogP contribution in [0.4, 0.5) is 17.3 Å². The van der Waals surface area contributed by atoms with Gasteiger partial charge in [-0.2, -0.15) is 0 Å². The number of phenolic OH excluding ortho intramolecular Hbond substituents is 1. The van der Waals surface area contributed by atoms with Crippen molar-refractivity contribution in [2.24, 2.45) is 0 Å². The van der Waals surface area contributed by atoms with E-state index in [0.29, 0.717) is 11.6 Å². The van der Waals surface area contributed by atoms with Crippen LogP contribution < -0.4 is 10.3 Å².